The molecule has 0 aliphatic carbocycles. The van der Waals surface area contributed by atoms with Crippen molar-refractivity contribution in [1.82, 2.24) is 14.9 Å². The molecule has 4 heterocycles. The van der Waals surface area contributed by atoms with Crippen LogP contribution in [-0.2, 0) is 0 Å². The maximum Gasteiger partial charge on any atom is 0.160 e. The van der Waals surface area contributed by atoms with Crippen LogP contribution >= 0.6 is 11.8 Å². The van der Waals surface area contributed by atoms with Crippen molar-refractivity contribution in [3.8, 4) is 0 Å². The number of pyridine rings is 2. The van der Waals surface area contributed by atoms with Gasteiger partial charge in [0, 0.05) is 30.4 Å². The number of nitrogens with zero attached hydrogens (tertiary/aromatic N) is 4. The maximum atomic E-state index is 4.99. The van der Waals surface area contributed by atoms with Gasteiger partial charge in [-0.3, -0.25) is 15.0 Å². The van der Waals surface area contributed by atoms with Crippen LogP contribution in [0.15, 0.2) is 53.9 Å². The Labute approximate surface area is 134 Å². The van der Waals surface area contributed by atoms with Crippen LogP contribution in [0.25, 0.3) is 0 Å². The highest BCUT2D eigenvalue weighted by atomic mass is 32.2. The molecule has 0 bridgehead atoms. The molecule has 3 atom stereocenters. The van der Waals surface area contributed by atoms with E-state index < -0.39 is 0 Å². The van der Waals surface area contributed by atoms with E-state index in [4.69, 9.17) is 4.99 Å². The van der Waals surface area contributed by atoms with Crippen molar-refractivity contribution in [1.29, 1.82) is 0 Å². The molecule has 22 heavy (non-hydrogen) atoms. The molecule has 1 saturated heterocycles. The Hall–Kier alpha value is -1.88. The van der Waals surface area contributed by atoms with E-state index in [-0.39, 0.29) is 12.1 Å². The first-order valence-corrected chi connectivity index (χ1v) is 8.67. The first kappa shape index (κ1) is 13.8. The lowest BCUT2D eigenvalue weighted by molar-refractivity contribution is 0.255. The average molecular weight is 310 g/mol. The van der Waals surface area contributed by atoms with Crippen molar-refractivity contribution in [3.05, 3.63) is 60.2 Å². The summed E-state index contributed by atoms with van der Waals surface area (Å²) in [5, 5.41) is 1.16. The molecular weight excluding hydrogens is 292 g/mol. The number of fused-ring (bicyclic) bond motifs is 1. The molecule has 2 aliphatic heterocycles. The van der Waals surface area contributed by atoms with Gasteiger partial charge < -0.3 is 4.90 Å². The van der Waals surface area contributed by atoms with E-state index in [0.29, 0.717) is 6.04 Å². The summed E-state index contributed by atoms with van der Waals surface area (Å²) in [6.07, 6.45) is 6.78. The summed E-state index contributed by atoms with van der Waals surface area (Å²) in [4.78, 5) is 16.3. The second kappa shape index (κ2) is 5.72. The molecule has 0 spiro atoms. The van der Waals surface area contributed by atoms with E-state index >= 15 is 0 Å². The Morgan fingerprint density at radius 2 is 2.18 bits per heavy atom. The highest BCUT2D eigenvalue weighted by Crippen LogP contribution is 2.48. The molecule has 0 N–H and O–H groups in total. The minimum absolute atomic E-state index is 0.0576. The monoisotopic (exact) mass is 310 g/mol. The van der Waals surface area contributed by atoms with Gasteiger partial charge in [0.15, 0.2) is 5.17 Å². The summed E-state index contributed by atoms with van der Waals surface area (Å²) in [6.45, 7) is 2.25. The minimum Gasteiger partial charge on any atom is -0.338 e. The lowest BCUT2D eigenvalue weighted by Crippen LogP contribution is -2.35. The molecule has 112 valence electrons. The number of hydrogen-bond acceptors (Lipinski definition) is 5. The molecule has 2 aromatic rings. The second-order valence-electron chi connectivity index (χ2n) is 5.62. The van der Waals surface area contributed by atoms with Gasteiger partial charge in [-0.2, -0.15) is 0 Å². The number of amidine groups is 1. The summed E-state index contributed by atoms with van der Waals surface area (Å²) >= 11 is 1.87. The van der Waals surface area contributed by atoms with Crippen molar-refractivity contribution in [2.45, 2.75) is 31.5 Å². The third kappa shape index (κ3) is 2.20. The zero-order chi connectivity index (χ0) is 14.9. The number of aromatic nitrogens is 2. The van der Waals surface area contributed by atoms with Crippen molar-refractivity contribution >= 4 is 16.9 Å². The fourth-order valence-electron chi connectivity index (χ4n) is 3.26. The Morgan fingerprint density at radius 3 is 2.91 bits per heavy atom. The van der Waals surface area contributed by atoms with Crippen LogP contribution in [0.5, 0.6) is 0 Å². The summed E-state index contributed by atoms with van der Waals surface area (Å²) in [6, 6.07) is 11.0. The predicted molar refractivity (Wildman–Crippen MR) is 89.8 cm³/mol. The van der Waals surface area contributed by atoms with Gasteiger partial charge in [-0.25, -0.2) is 0 Å². The summed E-state index contributed by atoms with van der Waals surface area (Å²) < 4.78 is 0. The number of hydrogen-bond donors (Lipinski definition) is 0. The van der Waals surface area contributed by atoms with Crippen LogP contribution in [0.4, 0.5) is 0 Å². The fourth-order valence-corrected chi connectivity index (χ4v) is 4.60. The Kier molecular flexibility index (Phi) is 3.58. The van der Waals surface area contributed by atoms with Gasteiger partial charge in [0.05, 0.1) is 11.7 Å². The third-order valence-corrected chi connectivity index (χ3v) is 5.48. The molecule has 0 aromatic carbocycles. The van der Waals surface area contributed by atoms with Crippen LogP contribution in [0, 0.1) is 0 Å². The molecule has 5 heteroatoms. The van der Waals surface area contributed by atoms with E-state index in [2.05, 4.69) is 33.9 Å². The van der Waals surface area contributed by atoms with E-state index in [1.807, 2.05) is 48.6 Å². The molecule has 4 rings (SSSR count). The van der Waals surface area contributed by atoms with Gasteiger partial charge in [-0.15, -0.1) is 0 Å². The zero-order valence-electron chi connectivity index (χ0n) is 12.5. The van der Waals surface area contributed by atoms with Crippen LogP contribution in [-0.4, -0.2) is 31.8 Å². The molecule has 4 nitrogen and oxygen atoms in total. The van der Waals surface area contributed by atoms with Gasteiger partial charge >= 0.3 is 0 Å². The molecular formula is C17H18N4S. The zero-order valence-corrected chi connectivity index (χ0v) is 13.3. The lowest BCUT2D eigenvalue weighted by atomic mass is 9.96. The summed E-state index contributed by atoms with van der Waals surface area (Å²) in [7, 11) is 0. The second-order valence-corrected chi connectivity index (χ2v) is 6.61. The first-order valence-electron chi connectivity index (χ1n) is 7.68. The van der Waals surface area contributed by atoms with E-state index in [0.717, 1.165) is 23.0 Å². The Bertz CT molecular complexity index is 674. The van der Waals surface area contributed by atoms with Gasteiger partial charge in [-0.05, 0) is 30.2 Å². The van der Waals surface area contributed by atoms with E-state index in [1.54, 1.807) is 0 Å². The van der Waals surface area contributed by atoms with Gasteiger partial charge in [0.25, 0.3) is 0 Å². The Balaban J connectivity index is 1.79. The number of thioether (sulfide) groups is 1. The van der Waals surface area contributed by atoms with Crippen LogP contribution in [0.1, 0.15) is 36.7 Å². The number of aliphatic imine (C=N–C) groups is 1. The Morgan fingerprint density at radius 1 is 1.23 bits per heavy atom. The summed E-state index contributed by atoms with van der Waals surface area (Å²) in [5.74, 6) is 1.13. The normalized spacial score (nSPS) is 26.9. The predicted octanol–water partition coefficient (Wildman–Crippen LogP) is 3.46. The van der Waals surface area contributed by atoms with Crippen molar-refractivity contribution in [3.63, 3.8) is 0 Å². The highest BCUT2D eigenvalue weighted by Gasteiger charge is 2.45. The van der Waals surface area contributed by atoms with Crippen molar-refractivity contribution < 1.29 is 0 Å². The molecule has 0 unspecified atom stereocenters. The molecule has 0 amide bonds. The smallest absolute Gasteiger partial charge is 0.160 e. The lowest BCUT2D eigenvalue weighted by Gasteiger charge is -2.31. The van der Waals surface area contributed by atoms with Crippen LogP contribution in [0.3, 0.4) is 0 Å². The SMILES string of the molecule is CC[C@H]1CSC2=N[C@@H](c3ccccn3)[C@@H](c3cccnc3)N21. The first-order chi connectivity index (χ1) is 10.9. The fraction of sp³-hybridized carbons (Fsp3) is 0.353. The minimum atomic E-state index is 0.0576. The maximum absolute atomic E-state index is 4.99. The number of rotatable bonds is 3. The van der Waals surface area contributed by atoms with Crippen molar-refractivity contribution in [2.24, 2.45) is 4.99 Å². The molecule has 0 radical (unpaired) electrons. The van der Waals surface area contributed by atoms with Gasteiger partial charge in [0.2, 0.25) is 0 Å². The molecule has 2 aliphatic rings. The third-order valence-electron chi connectivity index (χ3n) is 4.36. The quantitative estimate of drug-likeness (QED) is 0.870. The topological polar surface area (TPSA) is 41.4 Å². The van der Waals surface area contributed by atoms with Crippen LogP contribution in [0.2, 0.25) is 0 Å². The average Bonchev–Trinajstić information content (AvgIpc) is 3.15. The highest BCUT2D eigenvalue weighted by molar-refractivity contribution is 8.14. The molecule has 1 fully saturated rings. The molecule has 0 saturated carbocycles. The standard InChI is InChI=1S/C17H18N4S/c1-2-13-11-22-17-20-15(14-7-3-4-9-19-14)16(21(13)17)12-6-5-8-18-10-12/h3-10,13,15-16H,2,11H2,1H3/t13-,15-,16+/m0/s1. The van der Waals surface area contributed by atoms with E-state index in [9.17, 15) is 0 Å². The summed E-state index contributed by atoms with van der Waals surface area (Å²) in [5.41, 5.74) is 2.26. The largest absolute Gasteiger partial charge is 0.338 e. The molecule has 2 aromatic heterocycles. The van der Waals surface area contributed by atoms with Gasteiger partial charge in [0.1, 0.15) is 6.04 Å². The van der Waals surface area contributed by atoms with Gasteiger partial charge in [-0.1, -0.05) is 30.8 Å². The van der Waals surface area contributed by atoms with Crippen LogP contribution < -0.4 is 0 Å². The van der Waals surface area contributed by atoms with E-state index in [1.165, 1.54) is 5.56 Å². The van der Waals surface area contributed by atoms with Crippen molar-refractivity contribution in [2.75, 3.05) is 5.75 Å².